The van der Waals surface area contributed by atoms with Crippen LogP contribution in [-0.4, -0.2) is 51.5 Å². The van der Waals surface area contributed by atoms with Crippen molar-refractivity contribution in [1.82, 2.24) is 0 Å². The van der Waals surface area contributed by atoms with Gasteiger partial charge in [0.15, 0.2) is 0 Å². The first-order valence-electron chi connectivity index (χ1n) is 16.9. The predicted octanol–water partition coefficient (Wildman–Crippen LogP) is 8.27. The highest BCUT2D eigenvalue weighted by atomic mass is 16.6. The molecule has 0 atom stereocenters. The average molecular weight is 668 g/mol. The summed E-state index contributed by atoms with van der Waals surface area (Å²) >= 11 is 0. The van der Waals surface area contributed by atoms with E-state index in [4.69, 9.17) is 18.9 Å². The summed E-state index contributed by atoms with van der Waals surface area (Å²) in [6.45, 7) is 13.7. The van der Waals surface area contributed by atoms with Gasteiger partial charge in [-0.05, 0) is 94.4 Å². The van der Waals surface area contributed by atoms with Gasteiger partial charge in [-0.3, -0.25) is 0 Å². The van der Waals surface area contributed by atoms with Crippen LogP contribution in [0.25, 0.3) is 21.9 Å². The third-order valence-electron chi connectivity index (χ3n) is 9.23. The molecule has 1 aliphatic carbocycles. The number of hydrogen-bond donors (Lipinski definition) is 0. The standard InChI is InChI=1S/C43H41NO6/c1-5-40(45)49-27-25-47-34-19-14-31(15-20-34)43(32-16-21-35(22-17-32)48-26-28-50-41(46)6-2)39-29-33(44(7-3)8-4)18-24-37(39)38-23-13-30-11-9-10-12-36(30)42(38)43/h5-6,9-24,29H,1-2,7-8,25-28H2,3-4H3. The molecule has 0 amide bonds. The van der Waals surface area contributed by atoms with E-state index in [2.05, 4.69) is 111 Å². The molecule has 0 heterocycles. The van der Waals surface area contributed by atoms with Crippen molar-refractivity contribution in [3.05, 3.63) is 151 Å². The van der Waals surface area contributed by atoms with E-state index in [9.17, 15) is 9.59 Å². The Hall–Kier alpha value is -5.82. The van der Waals surface area contributed by atoms with Gasteiger partial charge in [0.2, 0.25) is 0 Å². The fourth-order valence-corrected chi connectivity index (χ4v) is 6.99. The Morgan fingerprint density at radius 1 is 0.660 bits per heavy atom. The van der Waals surface area contributed by atoms with Crippen LogP contribution in [0.3, 0.4) is 0 Å². The maximum absolute atomic E-state index is 11.5. The van der Waals surface area contributed by atoms with Crippen molar-refractivity contribution < 1.29 is 28.5 Å². The Morgan fingerprint density at radius 2 is 1.20 bits per heavy atom. The molecule has 5 aromatic rings. The molecule has 0 spiro atoms. The largest absolute Gasteiger partial charge is 0.490 e. The number of ether oxygens (including phenoxy) is 4. The molecular formula is C43H41NO6. The van der Waals surface area contributed by atoms with E-state index < -0.39 is 17.4 Å². The highest BCUT2D eigenvalue weighted by molar-refractivity contribution is 6.00. The summed E-state index contributed by atoms with van der Waals surface area (Å²) in [5.74, 6) is 0.391. The predicted molar refractivity (Wildman–Crippen MR) is 198 cm³/mol. The van der Waals surface area contributed by atoms with Crippen LogP contribution in [0.5, 0.6) is 11.5 Å². The molecule has 0 aliphatic heterocycles. The number of esters is 2. The fourth-order valence-electron chi connectivity index (χ4n) is 6.99. The third kappa shape index (κ3) is 6.47. The minimum Gasteiger partial charge on any atom is -0.490 e. The van der Waals surface area contributed by atoms with E-state index in [-0.39, 0.29) is 26.4 Å². The van der Waals surface area contributed by atoms with Gasteiger partial charge in [0, 0.05) is 30.9 Å². The molecule has 0 saturated heterocycles. The van der Waals surface area contributed by atoms with Gasteiger partial charge in [-0.1, -0.05) is 79.9 Å². The molecule has 0 bridgehead atoms. The smallest absolute Gasteiger partial charge is 0.330 e. The number of carbonyl (C=O) groups excluding carboxylic acids is 2. The number of rotatable bonds is 15. The summed E-state index contributed by atoms with van der Waals surface area (Å²) in [7, 11) is 0. The summed E-state index contributed by atoms with van der Waals surface area (Å²) in [5, 5.41) is 2.34. The van der Waals surface area contributed by atoms with E-state index in [1.165, 1.54) is 33.3 Å². The Kier molecular flexibility index (Phi) is 10.3. The molecule has 7 nitrogen and oxygen atoms in total. The summed E-state index contributed by atoms with van der Waals surface area (Å²) < 4.78 is 22.1. The number of fused-ring (bicyclic) bond motifs is 5. The van der Waals surface area contributed by atoms with Crippen molar-refractivity contribution in [3.63, 3.8) is 0 Å². The van der Waals surface area contributed by atoms with E-state index in [1.807, 2.05) is 24.3 Å². The molecule has 6 rings (SSSR count). The molecule has 0 N–H and O–H groups in total. The zero-order valence-corrected chi connectivity index (χ0v) is 28.5. The van der Waals surface area contributed by atoms with Crippen molar-refractivity contribution in [1.29, 1.82) is 0 Å². The molecular weight excluding hydrogens is 626 g/mol. The highest BCUT2D eigenvalue weighted by Gasteiger charge is 2.47. The summed E-state index contributed by atoms with van der Waals surface area (Å²) in [6.07, 6.45) is 2.28. The van der Waals surface area contributed by atoms with Crippen LogP contribution >= 0.6 is 0 Å². The van der Waals surface area contributed by atoms with Crippen molar-refractivity contribution in [2.24, 2.45) is 0 Å². The van der Waals surface area contributed by atoms with Gasteiger partial charge in [0.25, 0.3) is 0 Å². The molecule has 0 aromatic heterocycles. The second kappa shape index (κ2) is 15.2. The van der Waals surface area contributed by atoms with Gasteiger partial charge in [0.1, 0.15) is 37.9 Å². The second-order valence-electron chi connectivity index (χ2n) is 11.9. The van der Waals surface area contributed by atoms with Crippen molar-refractivity contribution in [2.45, 2.75) is 19.3 Å². The third-order valence-corrected chi connectivity index (χ3v) is 9.23. The van der Waals surface area contributed by atoms with Crippen LogP contribution in [-0.2, 0) is 24.5 Å². The lowest BCUT2D eigenvalue weighted by atomic mass is 9.66. The van der Waals surface area contributed by atoms with E-state index in [0.29, 0.717) is 11.5 Å². The zero-order chi connectivity index (χ0) is 35.1. The highest BCUT2D eigenvalue weighted by Crippen LogP contribution is 2.59. The number of anilines is 1. The summed E-state index contributed by atoms with van der Waals surface area (Å²) in [6, 6.07) is 36.3. The lowest BCUT2D eigenvalue weighted by Crippen LogP contribution is -2.29. The Labute approximate surface area is 293 Å². The van der Waals surface area contributed by atoms with Gasteiger partial charge in [0.05, 0.1) is 5.41 Å². The Balaban J connectivity index is 1.50. The number of benzene rings is 5. The molecule has 0 radical (unpaired) electrons. The molecule has 0 fully saturated rings. The van der Waals surface area contributed by atoms with Crippen LogP contribution in [0.15, 0.2) is 128 Å². The summed E-state index contributed by atoms with van der Waals surface area (Å²) in [5.41, 5.74) is 7.44. The van der Waals surface area contributed by atoms with E-state index >= 15 is 0 Å². The second-order valence-corrected chi connectivity index (χ2v) is 11.9. The molecule has 1 aliphatic rings. The maximum atomic E-state index is 11.5. The van der Waals surface area contributed by atoms with Gasteiger partial charge in [-0.15, -0.1) is 0 Å². The quantitative estimate of drug-likeness (QED) is 0.0620. The monoisotopic (exact) mass is 667 g/mol. The van der Waals surface area contributed by atoms with Crippen molar-refractivity contribution >= 4 is 28.4 Å². The lowest BCUT2D eigenvalue weighted by molar-refractivity contribution is -0.139. The molecule has 50 heavy (non-hydrogen) atoms. The molecule has 0 saturated carbocycles. The summed E-state index contributed by atoms with van der Waals surface area (Å²) in [4.78, 5) is 25.3. The minimum absolute atomic E-state index is 0.128. The van der Waals surface area contributed by atoms with E-state index in [1.54, 1.807) is 0 Å². The first kappa shape index (κ1) is 34.1. The van der Waals surface area contributed by atoms with Gasteiger partial charge < -0.3 is 23.8 Å². The number of hydrogen-bond acceptors (Lipinski definition) is 7. The van der Waals surface area contributed by atoms with Crippen LogP contribution in [0.1, 0.15) is 36.1 Å². The normalized spacial score (nSPS) is 12.4. The van der Waals surface area contributed by atoms with Crippen LogP contribution in [0.4, 0.5) is 5.69 Å². The Bertz CT molecular complexity index is 1940. The topological polar surface area (TPSA) is 74.3 Å². The van der Waals surface area contributed by atoms with Crippen LogP contribution in [0.2, 0.25) is 0 Å². The van der Waals surface area contributed by atoms with Crippen LogP contribution < -0.4 is 14.4 Å². The number of carbonyl (C=O) groups is 2. The molecule has 5 aromatic carbocycles. The lowest BCUT2D eigenvalue weighted by Gasteiger charge is -2.35. The molecule has 0 unspecified atom stereocenters. The van der Waals surface area contributed by atoms with E-state index in [0.717, 1.165) is 41.8 Å². The zero-order valence-electron chi connectivity index (χ0n) is 28.5. The molecule has 7 heteroatoms. The van der Waals surface area contributed by atoms with Gasteiger partial charge >= 0.3 is 11.9 Å². The van der Waals surface area contributed by atoms with Crippen LogP contribution in [0, 0.1) is 0 Å². The van der Waals surface area contributed by atoms with Crippen molar-refractivity contribution in [2.75, 3.05) is 44.4 Å². The first-order chi connectivity index (χ1) is 24.4. The SMILES string of the molecule is C=CC(=O)OCCOc1ccc(C2(c3ccc(OCCOC(=O)C=C)cc3)c3cc(N(CC)CC)ccc3-c3ccc4ccccc4c32)cc1. The minimum atomic E-state index is -0.690. The number of nitrogens with zero attached hydrogens (tertiary/aromatic N) is 1. The van der Waals surface area contributed by atoms with Gasteiger partial charge in [-0.2, -0.15) is 0 Å². The average Bonchev–Trinajstić information content (AvgIpc) is 3.46. The Morgan fingerprint density at radius 3 is 1.74 bits per heavy atom. The van der Waals surface area contributed by atoms with Gasteiger partial charge in [-0.25, -0.2) is 9.59 Å². The first-order valence-corrected chi connectivity index (χ1v) is 16.9. The van der Waals surface area contributed by atoms with Crippen molar-refractivity contribution in [3.8, 4) is 22.6 Å². The molecule has 254 valence electrons. The fraction of sp³-hybridized carbons (Fsp3) is 0.209. The maximum Gasteiger partial charge on any atom is 0.330 e.